The molecule has 0 radical (unpaired) electrons. The third-order valence-corrected chi connectivity index (χ3v) is 5.81. The Morgan fingerprint density at radius 2 is 1.66 bits per heavy atom. The number of rotatable bonds is 9. The van der Waals surface area contributed by atoms with Crippen LogP contribution in [-0.4, -0.2) is 25.0 Å². The summed E-state index contributed by atoms with van der Waals surface area (Å²) in [7, 11) is 0. The SMILES string of the molecule is CCC(C)(C)c1ccc(OCC(=O)OC(CC(C)(C)C)OC2CCCCC2)cc1. The van der Waals surface area contributed by atoms with Crippen molar-refractivity contribution in [1.82, 2.24) is 0 Å². The van der Waals surface area contributed by atoms with Crippen LogP contribution in [0.4, 0.5) is 0 Å². The Kier molecular flexibility index (Phi) is 8.57. The Balaban J connectivity index is 1.88. The van der Waals surface area contributed by atoms with Crippen molar-refractivity contribution in [3.8, 4) is 5.75 Å². The minimum Gasteiger partial charge on any atom is -0.482 e. The fourth-order valence-corrected chi connectivity index (χ4v) is 3.56. The standard InChI is InChI=1S/C25H40O4/c1-7-25(5,6)19-13-15-20(16-14-19)27-18-22(26)29-23(17-24(2,3)4)28-21-11-9-8-10-12-21/h13-16,21,23H,7-12,17-18H2,1-6H3. The van der Waals surface area contributed by atoms with E-state index >= 15 is 0 Å². The molecular formula is C25H40O4. The predicted octanol–water partition coefficient (Wildman–Crippen LogP) is 6.41. The molecule has 0 heterocycles. The summed E-state index contributed by atoms with van der Waals surface area (Å²) in [6, 6.07) is 7.98. The lowest BCUT2D eigenvalue weighted by molar-refractivity contribution is -0.201. The van der Waals surface area contributed by atoms with E-state index in [0.717, 1.165) is 19.3 Å². The summed E-state index contributed by atoms with van der Waals surface area (Å²) in [6.45, 7) is 12.9. The van der Waals surface area contributed by atoms with Crippen LogP contribution in [0.3, 0.4) is 0 Å². The van der Waals surface area contributed by atoms with Crippen molar-refractivity contribution in [2.45, 2.75) is 104 Å². The molecule has 1 unspecified atom stereocenters. The molecule has 0 spiro atoms. The largest absolute Gasteiger partial charge is 0.482 e. The van der Waals surface area contributed by atoms with E-state index in [2.05, 4.69) is 53.7 Å². The van der Waals surface area contributed by atoms with E-state index in [1.165, 1.54) is 24.8 Å². The van der Waals surface area contributed by atoms with Gasteiger partial charge in [0.25, 0.3) is 0 Å². The summed E-state index contributed by atoms with van der Waals surface area (Å²) in [5.41, 5.74) is 1.41. The fraction of sp³-hybridized carbons (Fsp3) is 0.720. The molecule has 0 aromatic heterocycles. The van der Waals surface area contributed by atoms with Gasteiger partial charge in [-0.15, -0.1) is 0 Å². The number of carbonyl (C=O) groups is 1. The molecule has 2 rings (SSSR count). The molecular weight excluding hydrogens is 364 g/mol. The van der Waals surface area contributed by atoms with E-state index in [4.69, 9.17) is 14.2 Å². The van der Waals surface area contributed by atoms with Gasteiger partial charge in [-0.3, -0.25) is 0 Å². The van der Waals surface area contributed by atoms with Gasteiger partial charge in [-0.2, -0.15) is 0 Å². The third-order valence-electron chi connectivity index (χ3n) is 5.81. The maximum atomic E-state index is 12.4. The maximum absolute atomic E-state index is 12.4. The minimum absolute atomic E-state index is 0.0163. The van der Waals surface area contributed by atoms with Crippen LogP contribution in [0.2, 0.25) is 0 Å². The van der Waals surface area contributed by atoms with Gasteiger partial charge in [0, 0.05) is 6.42 Å². The van der Waals surface area contributed by atoms with Gasteiger partial charge in [-0.05, 0) is 47.8 Å². The smallest absolute Gasteiger partial charge is 0.346 e. The van der Waals surface area contributed by atoms with Crippen LogP contribution >= 0.6 is 0 Å². The van der Waals surface area contributed by atoms with Crippen molar-refractivity contribution in [3.63, 3.8) is 0 Å². The van der Waals surface area contributed by atoms with Crippen LogP contribution in [0.25, 0.3) is 0 Å². The first kappa shape index (κ1) is 23.7. The molecule has 0 N–H and O–H groups in total. The number of carbonyl (C=O) groups excluding carboxylic acids is 1. The monoisotopic (exact) mass is 404 g/mol. The van der Waals surface area contributed by atoms with Crippen molar-refractivity contribution >= 4 is 5.97 Å². The second kappa shape index (κ2) is 10.5. The summed E-state index contributed by atoms with van der Waals surface area (Å²) in [5.74, 6) is 0.297. The van der Waals surface area contributed by atoms with E-state index < -0.39 is 6.29 Å². The molecule has 1 aliphatic rings. The lowest BCUT2D eigenvalue weighted by atomic mass is 9.82. The number of ether oxygens (including phenoxy) is 3. The van der Waals surface area contributed by atoms with Gasteiger partial charge in [0.15, 0.2) is 6.61 Å². The van der Waals surface area contributed by atoms with E-state index in [-0.39, 0.29) is 29.5 Å². The number of benzene rings is 1. The summed E-state index contributed by atoms with van der Waals surface area (Å²) in [6.07, 6.45) is 7.17. The second-order valence-electron chi connectivity index (χ2n) is 10.1. The van der Waals surface area contributed by atoms with E-state index in [1.807, 2.05) is 12.1 Å². The third kappa shape index (κ3) is 8.38. The fourth-order valence-electron chi connectivity index (χ4n) is 3.56. The molecule has 0 bridgehead atoms. The van der Waals surface area contributed by atoms with Crippen LogP contribution in [0.15, 0.2) is 24.3 Å². The minimum atomic E-state index is -0.512. The van der Waals surface area contributed by atoms with Gasteiger partial charge in [0.2, 0.25) is 6.29 Å². The zero-order valence-electron chi connectivity index (χ0n) is 19.3. The Morgan fingerprint density at radius 3 is 2.21 bits per heavy atom. The molecule has 0 aliphatic heterocycles. The van der Waals surface area contributed by atoms with Crippen LogP contribution in [0.5, 0.6) is 5.75 Å². The molecule has 1 atom stereocenters. The normalized spacial score (nSPS) is 17.0. The van der Waals surface area contributed by atoms with E-state index in [9.17, 15) is 4.79 Å². The molecule has 4 heteroatoms. The highest BCUT2D eigenvalue weighted by Gasteiger charge is 2.27. The average molecular weight is 405 g/mol. The van der Waals surface area contributed by atoms with Gasteiger partial charge in [0.05, 0.1) is 6.10 Å². The van der Waals surface area contributed by atoms with Gasteiger partial charge < -0.3 is 14.2 Å². The maximum Gasteiger partial charge on any atom is 0.346 e. The molecule has 0 amide bonds. The Morgan fingerprint density at radius 1 is 1.03 bits per heavy atom. The van der Waals surface area contributed by atoms with E-state index in [1.54, 1.807) is 0 Å². The Bertz CT molecular complexity index is 621. The molecule has 164 valence electrons. The van der Waals surface area contributed by atoms with Crippen molar-refractivity contribution < 1.29 is 19.0 Å². The molecule has 4 nitrogen and oxygen atoms in total. The number of esters is 1. The van der Waals surface area contributed by atoms with Crippen molar-refractivity contribution in [2.75, 3.05) is 6.61 Å². The Labute approximate surface area is 177 Å². The second-order valence-corrected chi connectivity index (χ2v) is 10.1. The highest BCUT2D eigenvalue weighted by molar-refractivity contribution is 5.71. The summed E-state index contributed by atoms with van der Waals surface area (Å²) in [5, 5.41) is 0. The van der Waals surface area contributed by atoms with Gasteiger partial charge >= 0.3 is 5.97 Å². The van der Waals surface area contributed by atoms with Gasteiger partial charge in [-0.1, -0.05) is 72.9 Å². The molecule has 1 fully saturated rings. The molecule has 1 aromatic rings. The highest BCUT2D eigenvalue weighted by atomic mass is 16.7. The first-order valence-electron chi connectivity index (χ1n) is 11.2. The van der Waals surface area contributed by atoms with E-state index in [0.29, 0.717) is 12.2 Å². The zero-order valence-corrected chi connectivity index (χ0v) is 19.3. The van der Waals surface area contributed by atoms with Crippen molar-refractivity contribution in [1.29, 1.82) is 0 Å². The summed E-state index contributed by atoms with van der Waals surface area (Å²) in [4.78, 5) is 12.4. The first-order chi connectivity index (χ1) is 13.6. The lowest BCUT2D eigenvalue weighted by Crippen LogP contribution is -2.33. The van der Waals surface area contributed by atoms with Crippen LogP contribution < -0.4 is 4.74 Å². The van der Waals surface area contributed by atoms with Crippen molar-refractivity contribution in [2.24, 2.45) is 5.41 Å². The molecule has 1 aromatic carbocycles. The topological polar surface area (TPSA) is 44.8 Å². The highest BCUT2D eigenvalue weighted by Crippen LogP contribution is 2.29. The molecule has 0 saturated heterocycles. The average Bonchev–Trinajstić information content (AvgIpc) is 2.66. The van der Waals surface area contributed by atoms with Crippen LogP contribution in [0, 0.1) is 5.41 Å². The quantitative estimate of drug-likeness (QED) is 0.352. The van der Waals surface area contributed by atoms with Crippen molar-refractivity contribution in [3.05, 3.63) is 29.8 Å². The first-order valence-corrected chi connectivity index (χ1v) is 11.2. The van der Waals surface area contributed by atoms with Crippen LogP contribution in [0.1, 0.15) is 92.1 Å². The lowest BCUT2D eigenvalue weighted by Gasteiger charge is -2.31. The van der Waals surface area contributed by atoms with Crippen LogP contribution in [-0.2, 0) is 19.7 Å². The number of hydrogen-bond acceptors (Lipinski definition) is 4. The van der Waals surface area contributed by atoms with Gasteiger partial charge in [-0.25, -0.2) is 4.79 Å². The summed E-state index contributed by atoms with van der Waals surface area (Å²) >= 11 is 0. The van der Waals surface area contributed by atoms with Gasteiger partial charge in [0.1, 0.15) is 5.75 Å². The number of hydrogen-bond donors (Lipinski definition) is 0. The Hall–Kier alpha value is -1.55. The molecule has 1 aliphatic carbocycles. The summed E-state index contributed by atoms with van der Waals surface area (Å²) < 4.78 is 17.5. The molecule has 29 heavy (non-hydrogen) atoms. The predicted molar refractivity (Wildman–Crippen MR) is 117 cm³/mol. The zero-order chi connectivity index (χ0) is 21.5. The molecule has 1 saturated carbocycles.